The molecule has 0 radical (unpaired) electrons. The molecule has 0 atom stereocenters. The smallest absolute Gasteiger partial charge is 0.255 e. The summed E-state index contributed by atoms with van der Waals surface area (Å²) in [4.78, 5) is 12.3. The molecule has 0 aliphatic heterocycles. The van der Waals surface area contributed by atoms with Crippen LogP contribution in [0.4, 0.5) is 0 Å². The van der Waals surface area contributed by atoms with Gasteiger partial charge >= 0.3 is 0 Å². The third kappa shape index (κ3) is 4.47. The molecule has 0 unspecified atom stereocenters. The summed E-state index contributed by atoms with van der Waals surface area (Å²) in [6.45, 7) is 4.48. The Balaban J connectivity index is 2.92. The molecule has 4 nitrogen and oxygen atoms in total. The van der Waals surface area contributed by atoms with Gasteiger partial charge in [-0.1, -0.05) is 25.4 Å². The number of methoxy groups -OCH3 is 1. The van der Waals surface area contributed by atoms with Crippen LogP contribution in [0.15, 0.2) is 12.1 Å². The number of rotatable bonds is 7. The van der Waals surface area contributed by atoms with E-state index in [0.717, 1.165) is 16.4 Å². The second-order valence-electron chi connectivity index (χ2n) is 5.01. The number of nitrogens with one attached hydrogen (secondary N) is 1. The molecule has 0 saturated carbocycles. The average Bonchev–Trinajstić information content (AvgIpc) is 2.51. The fraction of sp³-hybridized carbons (Fsp3) is 0.533. The van der Waals surface area contributed by atoms with Crippen LogP contribution in [0.5, 0.6) is 5.75 Å². The molecule has 0 aliphatic rings. The Hall–Kier alpha value is -0.530. The summed E-state index contributed by atoms with van der Waals surface area (Å²) in [5, 5.41) is 12.9. The summed E-state index contributed by atoms with van der Waals surface area (Å²) < 4.78 is 6.07. The summed E-state index contributed by atoms with van der Waals surface area (Å²) in [6.07, 6.45) is 1.59. The number of carbonyl (C=O) groups excluding carboxylic acids is 1. The lowest BCUT2D eigenvalue weighted by molar-refractivity contribution is 0.0848. The van der Waals surface area contributed by atoms with Gasteiger partial charge < -0.3 is 15.2 Å². The highest BCUT2D eigenvalue weighted by atomic mass is 127. The van der Waals surface area contributed by atoms with E-state index >= 15 is 0 Å². The maximum atomic E-state index is 12.3. The third-order valence-electron chi connectivity index (χ3n) is 3.95. The van der Waals surface area contributed by atoms with Gasteiger partial charge in [-0.2, -0.15) is 0 Å². The molecule has 118 valence electrons. The van der Waals surface area contributed by atoms with Crippen molar-refractivity contribution in [2.75, 3.05) is 20.3 Å². The maximum Gasteiger partial charge on any atom is 0.255 e. The average molecular weight is 426 g/mol. The molecule has 1 aromatic rings. The molecule has 1 amide bonds. The lowest BCUT2D eigenvalue weighted by atomic mass is 9.83. The lowest BCUT2D eigenvalue weighted by Gasteiger charge is -2.29. The van der Waals surface area contributed by atoms with Crippen LogP contribution in [-0.4, -0.2) is 31.3 Å². The standard InChI is InChI=1S/C15H21ClINO3/c1-4-15(5-2,9-19)8-18-14(20)10-6-11(16)12(17)7-13(10)21-3/h6-7,19H,4-5,8-9H2,1-3H3,(H,18,20). The van der Waals surface area contributed by atoms with Crippen LogP contribution in [0.3, 0.4) is 0 Å². The maximum absolute atomic E-state index is 12.3. The third-order valence-corrected chi connectivity index (χ3v) is 5.47. The van der Waals surface area contributed by atoms with Crippen molar-refractivity contribution in [2.45, 2.75) is 26.7 Å². The molecule has 6 heteroatoms. The van der Waals surface area contributed by atoms with Gasteiger partial charge in [0.1, 0.15) is 5.75 Å². The Labute approximate surface area is 144 Å². The minimum atomic E-state index is -0.282. The second kappa shape index (κ2) is 8.19. The monoisotopic (exact) mass is 425 g/mol. The van der Waals surface area contributed by atoms with E-state index in [-0.39, 0.29) is 17.9 Å². The first-order valence-corrected chi connectivity index (χ1v) is 8.30. The van der Waals surface area contributed by atoms with Crippen molar-refractivity contribution >= 4 is 40.1 Å². The molecular formula is C15H21ClINO3. The zero-order valence-corrected chi connectivity index (χ0v) is 15.4. The molecule has 0 fully saturated rings. The number of aliphatic hydroxyl groups is 1. The Morgan fingerprint density at radius 1 is 1.43 bits per heavy atom. The first-order valence-electron chi connectivity index (χ1n) is 6.85. The number of carbonyl (C=O) groups is 1. The molecule has 0 spiro atoms. The quantitative estimate of drug-likeness (QED) is 0.658. The molecule has 1 aromatic carbocycles. The molecule has 0 aromatic heterocycles. The van der Waals surface area contributed by atoms with Crippen LogP contribution < -0.4 is 10.1 Å². The Morgan fingerprint density at radius 2 is 2.05 bits per heavy atom. The lowest BCUT2D eigenvalue weighted by Crippen LogP contribution is -2.39. The fourth-order valence-electron chi connectivity index (χ4n) is 2.02. The molecular weight excluding hydrogens is 405 g/mol. The van der Waals surface area contributed by atoms with Crippen molar-refractivity contribution in [1.29, 1.82) is 0 Å². The predicted molar refractivity (Wildman–Crippen MR) is 93.2 cm³/mol. The van der Waals surface area contributed by atoms with E-state index in [4.69, 9.17) is 16.3 Å². The van der Waals surface area contributed by atoms with Crippen molar-refractivity contribution in [2.24, 2.45) is 5.41 Å². The largest absolute Gasteiger partial charge is 0.496 e. The molecule has 0 heterocycles. The minimum absolute atomic E-state index is 0.0465. The highest BCUT2D eigenvalue weighted by Gasteiger charge is 2.26. The van der Waals surface area contributed by atoms with Crippen LogP contribution in [0.2, 0.25) is 5.02 Å². The number of hydrogen-bond acceptors (Lipinski definition) is 3. The van der Waals surface area contributed by atoms with E-state index in [0.29, 0.717) is 22.9 Å². The van der Waals surface area contributed by atoms with Crippen LogP contribution in [0.1, 0.15) is 37.0 Å². The Bertz CT molecular complexity index is 496. The van der Waals surface area contributed by atoms with E-state index < -0.39 is 0 Å². The van der Waals surface area contributed by atoms with Gasteiger partial charge in [0.25, 0.3) is 5.91 Å². The molecule has 0 aliphatic carbocycles. The van der Waals surface area contributed by atoms with Gasteiger partial charge in [-0.15, -0.1) is 0 Å². The summed E-state index contributed by atoms with van der Waals surface area (Å²) in [7, 11) is 1.52. The number of halogens is 2. The van der Waals surface area contributed by atoms with E-state index in [9.17, 15) is 9.90 Å². The number of ether oxygens (including phenoxy) is 1. The topological polar surface area (TPSA) is 58.6 Å². The first-order chi connectivity index (χ1) is 9.92. The molecule has 0 bridgehead atoms. The summed E-state index contributed by atoms with van der Waals surface area (Å²) in [5.74, 6) is 0.244. The highest BCUT2D eigenvalue weighted by Crippen LogP contribution is 2.29. The minimum Gasteiger partial charge on any atom is -0.496 e. The van der Waals surface area contributed by atoms with Crippen LogP contribution >= 0.6 is 34.2 Å². The van der Waals surface area contributed by atoms with E-state index in [1.165, 1.54) is 7.11 Å². The predicted octanol–water partition coefficient (Wildman–Crippen LogP) is 3.48. The molecule has 1 rings (SSSR count). The number of hydrogen-bond donors (Lipinski definition) is 2. The van der Waals surface area contributed by atoms with Gasteiger partial charge in [-0.3, -0.25) is 4.79 Å². The van der Waals surface area contributed by atoms with Gasteiger partial charge in [0, 0.05) is 15.5 Å². The zero-order valence-electron chi connectivity index (χ0n) is 12.5. The van der Waals surface area contributed by atoms with Crippen molar-refractivity contribution < 1.29 is 14.6 Å². The number of aliphatic hydroxyl groups excluding tert-OH is 1. The van der Waals surface area contributed by atoms with E-state index in [1.54, 1.807) is 12.1 Å². The van der Waals surface area contributed by atoms with Crippen molar-refractivity contribution in [3.8, 4) is 5.75 Å². The van der Waals surface area contributed by atoms with Gasteiger partial charge in [0.15, 0.2) is 0 Å². The van der Waals surface area contributed by atoms with Gasteiger partial charge in [0.05, 0.1) is 24.3 Å². The molecule has 0 saturated heterocycles. The second-order valence-corrected chi connectivity index (χ2v) is 6.58. The normalized spacial score (nSPS) is 11.3. The fourth-order valence-corrected chi connectivity index (χ4v) is 2.62. The Morgan fingerprint density at radius 3 is 2.52 bits per heavy atom. The number of amides is 1. The van der Waals surface area contributed by atoms with Crippen LogP contribution in [-0.2, 0) is 0 Å². The van der Waals surface area contributed by atoms with E-state index in [1.807, 2.05) is 13.8 Å². The van der Waals surface area contributed by atoms with Gasteiger partial charge in [-0.25, -0.2) is 0 Å². The first kappa shape index (κ1) is 18.5. The summed E-state index contributed by atoms with van der Waals surface area (Å²) in [5.41, 5.74) is 0.123. The molecule has 2 N–H and O–H groups in total. The van der Waals surface area contributed by atoms with E-state index in [2.05, 4.69) is 27.9 Å². The molecule has 21 heavy (non-hydrogen) atoms. The van der Waals surface area contributed by atoms with Crippen molar-refractivity contribution in [3.05, 3.63) is 26.3 Å². The van der Waals surface area contributed by atoms with Crippen LogP contribution in [0, 0.1) is 8.99 Å². The van der Waals surface area contributed by atoms with Gasteiger partial charge in [-0.05, 0) is 47.6 Å². The van der Waals surface area contributed by atoms with Crippen LogP contribution in [0.25, 0.3) is 0 Å². The van der Waals surface area contributed by atoms with Gasteiger partial charge in [0.2, 0.25) is 0 Å². The summed E-state index contributed by atoms with van der Waals surface area (Å²) >= 11 is 8.16. The van der Waals surface area contributed by atoms with Crippen molar-refractivity contribution in [3.63, 3.8) is 0 Å². The zero-order chi connectivity index (χ0) is 16.0. The Kier molecular flexibility index (Phi) is 7.23. The highest BCUT2D eigenvalue weighted by molar-refractivity contribution is 14.1. The number of benzene rings is 1. The summed E-state index contributed by atoms with van der Waals surface area (Å²) in [6, 6.07) is 3.34. The van der Waals surface area contributed by atoms with Crippen molar-refractivity contribution in [1.82, 2.24) is 5.32 Å². The SMILES string of the molecule is CCC(CC)(CO)CNC(=O)c1cc(Cl)c(I)cc1OC.